The Morgan fingerprint density at radius 2 is 1.42 bits per heavy atom. The van der Waals surface area contributed by atoms with Gasteiger partial charge in [-0.15, -0.1) is 0 Å². The molecule has 26 heavy (non-hydrogen) atoms. The van der Waals surface area contributed by atoms with Crippen molar-refractivity contribution in [2.45, 2.75) is 78.4 Å². The Morgan fingerprint density at radius 3 is 1.81 bits per heavy atom. The Hall–Kier alpha value is 0.123. The molecule has 0 aliphatic rings. The second-order valence-corrected chi connectivity index (χ2v) is 12.5. The van der Waals surface area contributed by atoms with E-state index in [9.17, 15) is 0 Å². The number of rotatable bonds is 6. The molecule has 1 rings (SSSR count). The number of nitrogens with zero attached hydrogens (tertiary/aromatic N) is 2. The van der Waals surface area contributed by atoms with Crippen LogP contribution in [0, 0.1) is 0 Å². The zero-order valence-corrected chi connectivity index (χ0v) is 21.2. The van der Waals surface area contributed by atoms with Crippen LogP contribution in [0.2, 0.25) is 0 Å². The molecule has 0 aromatic carbocycles. The molecule has 1 aromatic heterocycles. The second kappa shape index (κ2) is 14.2. The molecule has 0 spiro atoms. The summed E-state index contributed by atoms with van der Waals surface area (Å²) in [6.45, 7) is 26.4. The number of aromatic nitrogens is 1. The summed E-state index contributed by atoms with van der Waals surface area (Å²) in [7, 11) is 4.05. The first-order chi connectivity index (χ1) is 12.1. The van der Waals surface area contributed by atoms with Gasteiger partial charge in [-0.1, -0.05) is 19.9 Å². The van der Waals surface area contributed by atoms with E-state index < -0.39 is 7.92 Å². The molecule has 0 atom stereocenters. The van der Waals surface area contributed by atoms with Gasteiger partial charge in [-0.2, -0.15) is 0 Å². The molecule has 6 heteroatoms. The van der Waals surface area contributed by atoms with Gasteiger partial charge in [-0.05, 0) is 66.8 Å². The minimum atomic E-state index is -0.559. The van der Waals surface area contributed by atoms with Crippen LogP contribution >= 0.6 is 17.6 Å². The maximum absolute atomic E-state index is 7.50. The molecule has 0 fully saturated rings. The Labute approximate surface area is 177 Å². The third-order valence-electron chi connectivity index (χ3n) is 4.31. The molecule has 0 saturated carbocycles. The van der Waals surface area contributed by atoms with Crippen LogP contribution < -0.4 is 0 Å². The molecule has 0 bridgehead atoms. The summed E-state index contributed by atoms with van der Waals surface area (Å²) in [5.41, 5.74) is 2.49. The third kappa shape index (κ3) is 11.1. The van der Waals surface area contributed by atoms with Gasteiger partial charge in [-0.3, -0.25) is 9.88 Å². The molecule has 3 nitrogen and oxygen atoms in total. The van der Waals surface area contributed by atoms with E-state index in [4.69, 9.17) is 9.78 Å². The van der Waals surface area contributed by atoms with Gasteiger partial charge in [0.05, 0.1) is 27.9 Å². The Morgan fingerprint density at radius 1 is 1.00 bits per heavy atom. The van der Waals surface area contributed by atoms with Crippen LogP contribution in [-0.2, 0) is 34.8 Å². The molecule has 1 heterocycles. The van der Waals surface area contributed by atoms with E-state index in [1.165, 1.54) is 11.4 Å². The first-order valence-electron chi connectivity index (χ1n) is 8.96. The number of hydrogen-bond acceptors (Lipinski definition) is 3. The molecular weight excluding hydrogens is 452 g/mol. The van der Waals surface area contributed by atoms with E-state index in [2.05, 4.69) is 95.0 Å². The molecule has 0 amide bonds. The number of hydrogen-bond donors (Lipinski definition) is 0. The van der Waals surface area contributed by atoms with Crippen LogP contribution in [0.1, 0.15) is 66.8 Å². The van der Waals surface area contributed by atoms with Gasteiger partial charge >= 0.3 is 27.0 Å². The zero-order valence-electron chi connectivity index (χ0n) is 17.6. The zero-order chi connectivity index (χ0) is 21.0. The summed E-state index contributed by atoms with van der Waals surface area (Å²) in [6, 6.07) is 6.57. The number of halogens is 1. The van der Waals surface area contributed by atoms with Crippen molar-refractivity contribution in [2.75, 3.05) is 13.1 Å². The normalized spacial score (nSPS) is 11.5. The molecule has 0 unspecified atom stereocenters. The van der Waals surface area contributed by atoms with Crippen molar-refractivity contribution in [3.63, 3.8) is 0 Å². The van der Waals surface area contributed by atoms with Crippen molar-refractivity contribution in [3.05, 3.63) is 29.6 Å². The van der Waals surface area contributed by atoms with Crippen LogP contribution in [0.25, 0.3) is 0 Å². The fourth-order valence-corrected chi connectivity index (χ4v) is 7.10. The van der Waals surface area contributed by atoms with Gasteiger partial charge in [0.1, 0.15) is 0 Å². The Kier molecular flexibility index (Phi) is 15.4. The van der Waals surface area contributed by atoms with Gasteiger partial charge in [0.2, 0.25) is 0 Å². The summed E-state index contributed by atoms with van der Waals surface area (Å²) < 4.78 is 0. The predicted octanol–water partition coefficient (Wildman–Crippen LogP) is 5.26. The first kappa shape index (κ1) is 28.3. The monoisotopic (exact) mass is 489 g/mol. The molecule has 151 valence electrons. The summed E-state index contributed by atoms with van der Waals surface area (Å²) in [6.07, 6.45) is 1.16. The molecule has 0 saturated heterocycles. The standard InChI is InChI=1S/C19H35N2P.CO.ClH.Ru.H/c1-9-21(10-2)14-16-12-11-13-17(20-16)15-22(18(3,4)5)19(6,7)8;1-2;;;/h11-13H,9-10,14-15H2,1-8H3;;1H;;/q;-1;;+3;. The Balaban J connectivity index is 0. The number of pyridine rings is 1. The van der Waals surface area contributed by atoms with Crippen LogP contribution in [0.3, 0.4) is 0 Å². The molecule has 0 aliphatic heterocycles. The van der Waals surface area contributed by atoms with Crippen molar-refractivity contribution < 1.29 is 22.1 Å². The van der Waals surface area contributed by atoms with Crippen LogP contribution in [-0.4, -0.2) is 40.1 Å². The van der Waals surface area contributed by atoms with Gasteiger partial charge in [-0.25, -0.2) is 0 Å². The first-order valence-corrected chi connectivity index (χ1v) is 13.1. The molecule has 0 N–H and O–H groups in total. The number of carbonyl (C=O) groups excluding carboxylic acids is 1. The van der Waals surface area contributed by atoms with Crippen LogP contribution in [0.15, 0.2) is 18.2 Å². The topological polar surface area (TPSA) is 33.2 Å². The van der Waals surface area contributed by atoms with Crippen molar-refractivity contribution in [2.24, 2.45) is 0 Å². The summed E-state index contributed by atoms with van der Waals surface area (Å²) >= 11 is 1.62. The van der Waals surface area contributed by atoms with Crippen LogP contribution in [0.4, 0.5) is 0 Å². The minimum absolute atomic E-state index is 0.388. The SMILES string of the molecule is CCN(CC)Cc1cccc(C[PH+](C(C)(C)C)C(C)(C)C)n1.[C-]=O.[Cl][RuH+2]. The van der Waals surface area contributed by atoms with E-state index in [0.29, 0.717) is 10.3 Å². The quantitative estimate of drug-likeness (QED) is 0.311. The summed E-state index contributed by atoms with van der Waals surface area (Å²) in [4.78, 5) is 14.9. The Bertz CT molecular complexity index is 471. The second-order valence-electron chi connectivity index (χ2n) is 8.24. The van der Waals surface area contributed by atoms with Gasteiger partial charge in [0.25, 0.3) is 0 Å². The van der Waals surface area contributed by atoms with E-state index in [-0.39, 0.29) is 0 Å². The molecular formula is C20H37ClN2OPRu+2. The molecule has 1 aromatic rings. The predicted molar refractivity (Wildman–Crippen MR) is 115 cm³/mol. The van der Waals surface area contributed by atoms with Gasteiger partial charge < -0.3 is 11.6 Å². The van der Waals surface area contributed by atoms with Crippen LogP contribution in [0.5, 0.6) is 0 Å². The van der Waals surface area contributed by atoms with Crippen molar-refractivity contribution in [1.82, 2.24) is 9.88 Å². The summed E-state index contributed by atoms with van der Waals surface area (Å²) in [5.74, 6) is 0. The van der Waals surface area contributed by atoms with E-state index in [0.717, 1.165) is 25.8 Å². The van der Waals surface area contributed by atoms with E-state index in [1.807, 2.05) is 0 Å². The fraction of sp³-hybridized carbons (Fsp3) is 0.700. The van der Waals surface area contributed by atoms with Gasteiger partial charge in [0.15, 0.2) is 0 Å². The maximum atomic E-state index is 7.50. The summed E-state index contributed by atoms with van der Waals surface area (Å²) in [5, 5.41) is 0.777. The molecule has 0 aliphatic carbocycles. The van der Waals surface area contributed by atoms with Crippen molar-refractivity contribution in [1.29, 1.82) is 0 Å². The van der Waals surface area contributed by atoms with Crippen molar-refractivity contribution >= 4 is 24.4 Å². The average molecular weight is 489 g/mol. The average Bonchev–Trinajstić information content (AvgIpc) is 2.59. The molecule has 1 radical (unpaired) electrons. The van der Waals surface area contributed by atoms with Crippen molar-refractivity contribution in [3.8, 4) is 0 Å². The third-order valence-corrected chi connectivity index (χ3v) is 8.65. The van der Waals surface area contributed by atoms with E-state index >= 15 is 0 Å². The fourth-order valence-electron chi connectivity index (χ4n) is 3.23. The van der Waals surface area contributed by atoms with Gasteiger partial charge in [0, 0.05) is 14.5 Å². The van der Waals surface area contributed by atoms with E-state index in [1.54, 1.807) is 17.3 Å².